The first-order valence-electron chi connectivity index (χ1n) is 7.77. The first kappa shape index (κ1) is 17.9. The average Bonchev–Trinajstić information content (AvgIpc) is 2.87. The molecule has 0 aliphatic carbocycles. The largest absolute Gasteiger partial charge is 0.481 e. The van der Waals surface area contributed by atoms with Crippen molar-refractivity contribution >= 4 is 11.9 Å². The molecule has 122 valence electrons. The van der Waals surface area contributed by atoms with Crippen LogP contribution in [0.2, 0.25) is 0 Å². The van der Waals surface area contributed by atoms with Crippen LogP contribution in [-0.4, -0.2) is 60.8 Å². The lowest BCUT2D eigenvalue weighted by Gasteiger charge is -2.29. The van der Waals surface area contributed by atoms with Crippen molar-refractivity contribution in [3.8, 4) is 0 Å². The quantitative estimate of drug-likeness (QED) is 0.663. The number of hydrogen-bond donors (Lipinski definition) is 2. The number of carboxylic acid groups (broad SMARTS) is 1. The third-order valence-corrected chi connectivity index (χ3v) is 3.74. The van der Waals surface area contributed by atoms with Crippen molar-refractivity contribution in [2.24, 2.45) is 11.8 Å². The number of rotatable bonds is 9. The molecule has 1 amide bonds. The van der Waals surface area contributed by atoms with Crippen molar-refractivity contribution in [2.45, 2.75) is 39.7 Å². The molecule has 1 heterocycles. The lowest BCUT2D eigenvalue weighted by atomic mass is 10.0. The highest BCUT2D eigenvalue weighted by Gasteiger charge is 2.38. The highest BCUT2D eigenvalue weighted by Crippen LogP contribution is 2.20. The zero-order valence-corrected chi connectivity index (χ0v) is 13.3. The number of ether oxygens (including phenoxy) is 1. The number of nitrogens with zero attached hydrogens (tertiary/aromatic N) is 1. The zero-order chi connectivity index (χ0) is 15.8. The van der Waals surface area contributed by atoms with E-state index in [1.807, 2.05) is 11.8 Å². The summed E-state index contributed by atoms with van der Waals surface area (Å²) in [6.45, 7) is 8.48. The van der Waals surface area contributed by atoms with Crippen LogP contribution in [0, 0.1) is 11.8 Å². The predicted octanol–water partition coefficient (Wildman–Crippen LogP) is 0.960. The molecule has 0 aromatic heterocycles. The number of aliphatic carboxylic acids is 1. The van der Waals surface area contributed by atoms with E-state index in [0.717, 1.165) is 12.8 Å². The first-order chi connectivity index (χ1) is 9.95. The lowest BCUT2D eigenvalue weighted by Crippen LogP contribution is -2.48. The summed E-state index contributed by atoms with van der Waals surface area (Å²) in [5, 5.41) is 12.1. The van der Waals surface area contributed by atoms with Gasteiger partial charge in [0.2, 0.25) is 5.91 Å². The summed E-state index contributed by atoms with van der Waals surface area (Å²) in [4.78, 5) is 25.2. The molecule has 0 bridgehead atoms. The number of amides is 1. The molecule has 1 aliphatic heterocycles. The Bertz CT molecular complexity index is 347. The van der Waals surface area contributed by atoms with Crippen LogP contribution >= 0.6 is 0 Å². The summed E-state index contributed by atoms with van der Waals surface area (Å²) >= 11 is 0. The maximum absolute atomic E-state index is 12.0. The van der Waals surface area contributed by atoms with Crippen LogP contribution in [0.3, 0.4) is 0 Å². The van der Waals surface area contributed by atoms with Gasteiger partial charge >= 0.3 is 5.97 Å². The number of carboxylic acids is 1. The second-order valence-electron chi connectivity index (χ2n) is 6.05. The van der Waals surface area contributed by atoms with Gasteiger partial charge in [-0.15, -0.1) is 0 Å². The van der Waals surface area contributed by atoms with Crippen LogP contribution in [0.1, 0.15) is 33.6 Å². The molecule has 0 radical (unpaired) electrons. The van der Waals surface area contributed by atoms with E-state index in [4.69, 9.17) is 4.74 Å². The topological polar surface area (TPSA) is 78.9 Å². The smallest absolute Gasteiger partial charge is 0.310 e. The zero-order valence-electron chi connectivity index (χ0n) is 13.3. The molecule has 1 fully saturated rings. The van der Waals surface area contributed by atoms with Crippen molar-refractivity contribution < 1.29 is 19.4 Å². The van der Waals surface area contributed by atoms with Crippen LogP contribution in [0.4, 0.5) is 0 Å². The highest BCUT2D eigenvalue weighted by molar-refractivity contribution is 5.78. The maximum Gasteiger partial charge on any atom is 0.310 e. The van der Waals surface area contributed by atoms with E-state index < -0.39 is 11.9 Å². The van der Waals surface area contributed by atoms with Crippen LogP contribution in [0.5, 0.6) is 0 Å². The van der Waals surface area contributed by atoms with Crippen LogP contribution in [0.25, 0.3) is 0 Å². The molecular weight excluding hydrogens is 272 g/mol. The molecular formula is C15H28N2O4. The Hall–Kier alpha value is -1.14. The normalized spacial score (nSPS) is 22.0. The Balaban J connectivity index is 2.52. The van der Waals surface area contributed by atoms with E-state index in [-0.39, 0.29) is 25.1 Å². The Labute approximate surface area is 126 Å². The lowest BCUT2D eigenvalue weighted by molar-refractivity contribution is -0.143. The summed E-state index contributed by atoms with van der Waals surface area (Å²) in [6.07, 6.45) is 1.83. The molecule has 0 aromatic carbocycles. The Morgan fingerprint density at radius 2 is 2.10 bits per heavy atom. The SMILES string of the molecule is CCCN(CC(=O)NCCC(C)C)C1COCC1C(=O)O. The van der Waals surface area contributed by atoms with E-state index in [1.165, 1.54) is 0 Å². The number of carbonyl (C=O) groups excluding carboxylic acids is 1. The summed E-state index contributed by atoms with van der Waals surface area (Å²) in [7, 11) is 0. The molecule has 1 aliphatic rings. The Kier molecular flexibility index (Phi) is 7.67. The fraction of sp³-hybridized carbons (Fsp3) is 0.867. The predicted molar refractivity (Wildman–Crippen MR) is 80.1 cm³/mol. The first-order valence-corrected chi connectivity index (χ1v) is 7.77. The molecule has 6 nitrogen and oxygen atoms in total. The molecule has 2 N–H and O–H groups in total. The fourth-order valence-electron chi connectivity index (χ4n) is 2.53. The van der Waals surface area contributed by atoms with Gasteiger partial charge in [-0.1, -0.05) is 20.8 Å². The van der Waals surface area contributed by atoms with Crippen LogP contribution in [-0.2, 0) is 14.3 Å². The molecule has 6 heteroatoms. The van der Waals surface area contributed by atoms with Gasteiger partial charge in [0.1, 0.15) is 0 Å². The highest BCUT2D eigenvalue weighted by atomic mass is 16.5. The van der Waals surface area contributed by atoms with Gasteiger partial charge in [0.05, 0.1) is 25.7 Å². The van der Waals surface area contributed by atoms with Gasteiger partial charge in [0.25, 0.3) is 0 Å². The summed E-state index contributed by atoms with van der Waals surface area (Å²) in [6, 6.07) is -0.210. The molecule has 1 saturated heterocycles. The fourth-order valence-corrected chi connectivity index (χ4v) is 2.53. The van der Waals surface area contributed by atoms with Crippen molar-refractivity contribution in [1.29, 1.82) is 0 Å². The van der Waals surface area contributed by atoms with Crippen LogP contribution in [0.15, 0.2) is 0 Å². The molecule has 2 atom stereocenters. The summed E-state index contributed by atoms with van der Waals surface area (Å²) in [5.41, 5.74) is 0. The third kappa shape index (κ3) is 6.01. The van der Waals surface area contributed by atoms with Gasteiger partial charge in [-0.2, -0.15) is 0 Å². The molecule has 2 unspecified atom stereocenters. The minimum absolute atomic E-state index is 0.0415. The van der Waals surface area contributed by atoms with E-state index in [2.05, 4.69) is 19.2 Å². The average molecular weight is 300 g/mol. The van der Waals surface area contributed by atoms with Gasteiger partial charge in [-0.05, 0) is 25.3 Å². The van der Waals surface area contributed by atoms with Gasteiger partial charge in [-0.25, -0.2) is 0 Å². The van der Waals surface area contributed by atoms with Gasteiger partial charge in [-0.3, -0.25) is 14.5 Å². The third-order valence-electron chi connectivity index (χ3n) is 3.74. The van der Waals surface area contributed by atoms with Gasteiger partial charge in [0, 0.05) is 12.6 Å². The number of nitrogens with one attached hydrogen (secondary N) is 1. The van der Waals surface area contributed by atoms with Crippen molar-refractivity contribution in [3.05, 3.63) is 0 Å². The molecule has 21 heavy (non-hydrogen) atoms. The monoisotopic (exact) mass is 300 g/mol. The second-order valence-corrected chi connectivity index (χ2v) is 6.05. The molecule has 0 aromatic rings. The minimum atomic E-state index is -0.848. The Morgan fingerprint density at radius 3 is 2.67 bits per heavy atom. The standard InChI is InChI=1S/C15H28N2O4/c1-4-7-17(8-14(18)16-6-5-11(2)3)13-10-21-9-12(13)15(19)20/h11-13H,4-10H2,1-3H3,(H,16,18)(H,19,20). The van der Waals surface area contributed by atoms with E-state index in [0.29, 0.717) is 25.6 Å². The number of carbonyl (C=O) groups is 2. The van der Waals surface area contributed by atoms with E-state index >= 15 is 0 Å². The summed E-state index contributed by atoms with van der Waals surface area (Å²) in [5.74, 6) is -0.879. The molecule has 0 spiro atoms. The second kappa shape index (κ2) is 9.00. The molecule has 1 rings (SSSR count). The number of hydrogen-bond acceptors (Lipinski definition) is 4. The van der Waals surface area contributed by atoms with Gasteiger partial charge < -0.3 is 15.2 Å². The van der Waals surface area contributed by atoms with E-state index in [1.54, 1.807) is 0 Å². The van der Waals surface area contributed by atoms with Crippen LogP contribution < -0.4 is 5.32 Å². The van der Waals surface area contributed by atoms with E-state index in [9.17, 15) is 14.7 Å². The maximum atomic E-state index is 12.0. The summed E-state index contributed by atoms with van der Waals surface area (Å²) < 4.78 is 5.30. The Morgan fingerprint density at radius 1 is 1.38 bits per heavy atom. The van der Waals surface area contributed by atoms with Gasteiger partial charge in [0.15, 0.2) is 0 Å². The van der Waals surface area contributed by atoms with Crippen molar-refractivity contribution in [2.75, 3.05) is 32.8 Å². The van der Waals surface area contributed by atoms with Crippen molar-refractivity contribution in [3.63, 3.8) is 0 Å². The molecule has 0 saturated carbocycles. The van der Waals surface area contributed by atoms with Crippen molar-refractivity contribution in [1.82, 2.24) is 10.2 Å². The minimum Gasteiger partial charge on any atom is -0.481 e.